The van der Waals surface area contributed by atoms with Crippen LogP contribution in [-0.2, 0) is 4.74 Å². The number of aromatic nitrogens is 1. The van der Waals surface area contributed by atoms with Gasteiger partial charge in [0.05, 0.1) is 6.61 Å². The summed E-state index contributed by atoms with van der Waals surface area (Å²) in [5.41, 5.74) is 2.48. The van der Waals surface area contributed by atoms with E-state index in [0.717, 1.165) is 38.4 Å². The normalized spacial score (nSPS) is 20.3. The first-order valence-electron chi connectivity index (χ1n) is 9.12. The smallest absolute Gasteiger partial charge is 0.132 e. The van der Waals surface area contributed by atoms with Crippen LogP contribution in [0.3, 0.4) is 0 Å². The summed E-state index contributed by atoms with van der Waals surface area (Å²) in [5, 5.41) is 0. The highest BCUT2D eigenvalue weighted by molar-refractivity contribution is 5.52. The molecule has 0 aromatic carbocycles. The lowest BCUT2D eigenvalue weighted by Gasteiger charge is -2.44. The Morgan fingerprint density at radius 1 is 1.13 bits per heavy atom. The van der Waals surface area contributed by atoms with Gasteiger partial charge in [0.2, 0.25) is 0 Å². The zero-order chi connectivity index (χ0) is 17.4. The molecule has 0 aliphatic carbocycles. The second-order valence-electron chi connectivity index (χ2n) is 5.95. The lowest BCUT2D eigenvalue weighted by atomic mass is 9.96. The molecular formula is C19H35N3O. The molecule has 3 rings (SSSR count). The quantitative estimate of drug-likeness (QED) is 0.849. The van der Waals surface area contributed by atoms with Crippen molar-refractivity contribution in [2.24, 2.45) is 0 Å². The second-order valence-corrected chi connectivity index (χ2v) is 5.95. The molecule has 2 fully saturated rings. The molecule has 0 N–H and O–H groups in total. The molecule has 1 aromatic heterocycles. The summed E-state index contributed by atoms with van der Waals surface area (Å²) in [7, 11) is 4.30. The maximum absolute atomic E-state index is 5.53. The van der Waals surface area contributed by atoms with Crippen LogP contribution < -0.4 is 4.90 Å². The van der Waals surface area contributed by atoms with E-state index in [1.54, 1.807) is 0 Å². The number of rotatable bonds is 3. The van der Waals surface area contributed by atoms with Gasteiger partial charge in [0.1, 0.15) is 5.82 Å². The molecule has 0 bridgehead atoms. The van der Waals surface area contributed by atoms with Crippen molar-refractivity contribution in [3.63, 3.8) is 0 Å². The molecule has 0 saturated carbocycles. The van der Waals surface area contributed by atoms with E-state index in [-0.39, 0.29) is 0 Å². The predicted octanol–water partition coefficient (Wildman–Crippen LogP) is 3.70. The monoisotopic (exact) mass is 321 g/mol. The number of aryl methyl sites for hydroxylation is 1. The molecule has 2 saturated heterocycles. The molecule has 0 radical (unpaired) electrons. The minimum Gasteiger partial charge on any atom is -0.381 e. The highest BCUT2D eigenvalue weighted by Crippen LogP contribution is 2.34. The third kappa shape index (κ3) is 4.92. The van der Waals surface area contributed by atoms with E-state index in [9.17, 15) is 0 Å². The van der Waals surface area contributed by atoms with Crippen LogP contribution in [0.5, 0.6) is 0 Å². The Morgan fingerprint density at radius 3 is 2.30 bits per heavy atom. The van der Waals surface area contributed by atoms with E-state index in [1.807, 2.05) is 27.7 Å². The van der Waals surface area contributed by atoms with Gasteiger partial charge in [-0.1, -0.05) is 33.8 Å². The molecule has 1 aromatic rings. The van der Waals surface area contributed by atoms with Gasteiger partial charge in [-0.15, -0.1) is 0 Å². The summed E-state index contributed by atoms with van der Waals surface area (Å²) in [6.07, 6.45) is 1.13. The van der Waals surface area contributed by atoms with E-state index < -0.39 is 0 Å². The average molecular weight is 322 g/mol. The fourth-order valence-electron chi connectivity index (χ4n) is 2.86. The first-order chi connectivity index (χ1) is 11.1. The van der Waals surface area contributed by atoms with Crippen molar-refractivity contribution in [2.45, 2.75) is 53.0 Å². The molecule has 2 aliphatic heterocycles. The third-order valence-electron chi connectivity index (χ3n) is 4.31. The van der Waals surface area contributed by atoms with E-state index in [0.29, 0.717) is 12.0 Å². The number of anilines is 1. The van der Waals surface area contributed by atoms with Crippen LogP contribution >= 0.6 is 0 Å². The summed E-state index contributed by atoms with van der Waals surface area (Å²) in [5.74, 6) is 1.72. The zero-order valence-electron chi connectivity index (χ0n) is 16.1. The molecular weight excluding hydrogens is 286 g/mol. The van der Waals surface area contributed by atoms with Crippen LogP contribution in [0, 0.1) is 6.92 Å². The van der Waals surface area contributed by atoms with Crippen LogP contribution in [0.15, 0.2) is 12.1 Å². The van der Waals surface area contributed by atoms with Crippen molar-refractivity contribution in [1.29, 1.82) is 0 Å². The van der Waals surface area contributed by atoms with Gasteiger partial charge in [0.25, 0.3) is 0 Å². The SMILES string of the molecule is CC.CC.Cc1ccc(C2CCOC2)c(N2CC(N(C)C)C2)n1. The molecule has 4 heteroatoms. The number of pyridine rings is 1. The number of hydrogen-bond donors (Lipinski definition) is 0. The van der Waals surface area contributed by atoms with Gasteiger partial charge in [-0.2, -0.15) is 0 Å². The van der Waals surface area contributed by atoms with Gasteiger partial charge in [-0.05, 0) is 33.5 Å². The van der Waals surface area contributed by atoms with Gasteiger partial charge in [-0.3, -0.25) is 0 Å². The van der Waals surface area contributed by atoms with Crippen molar-refractivity contribution in [1.82, 2.24) is 9.88 Å². The van der Waals surface area contributed by atoms with Crippen molar-refractivity contribution >= 4 is 5.82 Å². The van der Waals surface area contributed by atoms with Crippen LogP contribution in [0.25, 0.3) is 0 Å². The maximum atomic E-state index is 5.53. The first kappa shape index (κ1) is 19.9. The van der Waals surface area contributed by atoms with Crippen LogP contribution in [0.4, 0.5) is 5.82 Å². The molecule has 2 aliphatic rings. The van der Waals surface area contributed by atoms with Crippen molar-refractivity contribution < 1.29 is 4.74 Å². The molecule has 23 heavy (non-hydrogen) atoms. The van der Waals surface area contributed by atoms with Crippen molar-refractivity contribution in [3.05, 3.63) is 23.4 Å². The van der Waals surface area contributed by atoms with Gasteiger partial charge >= 0.3 is 0 Å². The average Bonchev–Trinajstić information content (AvgIpc) is 3.04. The maximum Gasteiger partial charge on any atom is 0.132 e. The summed E-state index contributed by atoms with van der Waals surface area (Å²) in [6.45, 7) is 14.0. The fraction of sp³-hybridized carbons (Fsp3) is 0.737. The van der Waals surface area contributed by atoms with Crippen LogP contribution in [0.1, 0.15) is 51.3 Å². The number of ether oxygens (including phenoxy) is 1. The number of nitrogens with zero attached hydrogens (tertiary/aromatic N) is 3. The second kappa shape index (κ2) is 9.89. The van der Waals surface area contributed by atoms with E-state index in [4.69, 9.17) is 9.72 Å². The van der Waals surface area contributed by atoms with E-state index >= 15 is 0 Å². The Bertz CT molecular complexity index is 450. The predicted molar refractivity (Wildman–Crippen MR) is 99.5 cm³/mol. The third-order valence-corrected chi connectivity index (χ3v) is 4.31. The van der Waals surface area contributed by atoms with E-state index in [1.165, 1.54) is 11.4 Å². The molecule has 1 unspecified atom stereocenters. The largest absolute Gasteiger partial charge is 0.381 e. The minimum absolute atomic E-state index is 0.529. The molecule has 4 nitrogen and oxygen atoms in total. The Kier molecular flexibility index (Phi) is 8.56. The Labute approximate surface area is 142 Å². The highest BCUT2D eigenvalue weighted by Gasteiger charge is 2.32. The minimum atomic E-state index is 0.529. The summed E-state index contributed by atoms with van der Waals surface area (Å²) in [6, 6.07) is 5.04. The standard InChI is InChI=1S/C15H23N3O.2C2H6/c1-11-4-5-14(12-6-7-19-10-12)15(16-11)18-8-13(9-18)17(2)3;2*1-2/h4-5,12-13H,6-10H2,1-3H3;2*1-2H3. The Hall–Kier alpha value is -1.13. The molecule has 1 atom stereocenters. The van der Waals surface area contributed by atoms with Crippen molar-refractivity contribution in [3.8, 4) is 0 Å². The lowest BCUT2D eigenvalue weighted by molar-refractivity contribution is 0.193. The summed E-state index contributed by atoms with van der Waals surface area (Å²) >= 11 is 0. The summed E-state index contributed by atoms with van der Waals surface area (Å²) < 4.78 is 5.53. The topological polar surface area (TPSA) is 28.6 Å². The van der Waals surface area contributed by atoms with Gasteiger partial charge in [0.15, 0.2) is 0 Å². The first-order valence-corrected chi connectivity index (χ1v) is 9.12. The van der Waals surface area contributed by atoms with Gasteiger partial charge in [0, 0.05) is 42.9 Å². The Balaban J connectivity index is 0.000000615. The molecule has 0 amide bonds. The molecule has 3 heterocycles. The van der Waals surface area contributed by atoms with Crippen LogP contribution in [0.2, 0.25) is 0 Å². The number of likely N-dealkylation sites (N-methyl/N-ethyl adjacent to an activating group) is 1. The molecule has 0 spiro atoms. The zero-order valence-corrected chi connectivity index (χ0v) is 16.1. The fourth-order valence-corrected chi connectivity index (χ4v) is 2.86. The Morgan fingerprint density at radius 2 is 1.78 bits per heavy atom. The van der Waals surface area contributed by atoms with E-state index in [2.05, 4.69) is 43.0 Å². The van der Waals surface area contributed by atoms with Crippen LogP contribution in [-0.4, -0.2) is 56.3 Å². The van der Waals surface area contributed by atoms with Gasteiger partial charge < -0.3 is 14.5 Å². The highest BCUT2D eigenvalue weighted by atomic mass is 16.5. The summed E-state index contributed by atoms with van der Waals surface area (Å²) in [4.78, 5) is 9.49. The number of hydrogen-bond acceptors (Lipinski definition) is 4. The van der Waals surface area contributed by atoms with Gasteiger partial charge in [-0.25, -0.2) is 4.98 Å². The lowest BCUT2D eigenvalue weighted by Crippen LogP contribution is -2.58. The molecule has 132 valence electrons. The van der Waals surface area contributed by atoms with Crippen molar-refractivity contribution in [2.75, 3.05) is 45.3 Å².